The van der Waals surface area contributed by atoms with Gasteiger partial charge in [-0.2, -0.15) is 0 Å². The van der Waals surface area contributed by atoms with Crippen molar-refractivity contribution in [2.75, 3.05) is 4.90 Å². The average Bonchev–Trinajstić information content (AvgIpc) is 3.80. The lowest BCUT2D eigenvalue weighted by Gasteiger charge is -2.28. The summed E-state index contributed by atoms with van der Waals surface area (Å²) in [6.07, 6.45) is 0. The van der Waals surface area contributed by atoms with Crippen molar-refractivity contribution in [3.63, 3.8) is 0 Å². The summed E-state index contributed by atoms with van der Waals surface area (Å²) in [6, 6.07) is 69.1. The second kappa shape index (κ2) is 13.5. The SMILES string of the molecule is Sc1cc2nc(-c3ccccc3)sc2cc1-c1ccccc1N(c1ccc(-c2ccccc2)cc1)c1ccc2c3ccccc3n(-c3ccccc3)c2c1. The molecule has 256 valence electrons. The highest BCUT2D eigenvalue weighted by Crippen LogP contribution is 2.46. The van der Waals surface area contributed by atoms with Crippen LogP contribution in [0.5, 0.6) is 0 Å². The van der Waals surface area contributed by atoms with Crippen LogP contribution in [0, 0.1) is 0 Å². The Morgan fingerprint density at radius 2 is 1.09 bits per heavy atom. The highest BCUT2D eigenvalue weighted by Gasteiger charge is 2.21. The van der Waals surface area contributed by atoms with Crippen molar-refractivity contribution in [1.82, 2.24) is 9.55 Å². The van der Waals surface area contributed by atoms with E-state index in [0.717, 1.165) is 65.1 Å². The molecule has 0 saturated heterocycles. The third-order valence-corrected chi connectivity index (χ3v) is 11.6. The first-order chi connectivity index (χ1) is 26.7. The number of rotatable bonds is 7. The highest BCUT2D eigenvalue weighted by atomic mass is 32.1. The van der Waals surface area contributed by atoms with E-state index < -0.39 is 0 Å². The quantitative estimate of drug-likeness (QED) is 0.165. The second-order valence-corrected chi connectivity index (χ2v) is 14.9. The molecule has 0 N–H and O–H groups in total. The molecule has 10 rings (SSSR count). The van der Waals surface area contributed by atoms with Crippen molar-refractivity contribution in [1.29, 1.82) is 0 Å². The summed E-state index contributed by atoms with van der Waals surface area (Å²) in [6.45, 7) is 0. The fraction of sp³-hybridized carbons (Fsp3) is 0. The first-order valence-electron chi connectivity index (χ1n) is 18.0. The van der Waals surface area contributed by atoms with Crippen molar-refractivity contribution in [3.05, 3.63) is 194 Å². The molecule has 54 heavy (non-hydrogen) atoms. The van der Waals surface area contributed by atoms with Crippen LogP contribution in [0.1, 0.15) is 0 Å². The molecule has 0 saturated carbocycles. The molecule has 0 atom stereocenters. The maximum atomic E-state index is 5.10. The van der Waals surface area contributed by atoms with Gasteiger partial charge in [0.25, 0.3) is 0 Å². The van der Waals surface area contributed by atoms with Crippen molar-refractivity contribution in [2.24, 2.45) is 0 Å². The van der Waals surface area contributed by atoms with E-state index in [4.69, 9.17) is 17.6 Å². The molecule has 0 radical (unpaired) electrons. The molecule has 0 amide bonds. The molecule has 0 spiro atoms. The number of anilines is 3. The van der Waals surface area contributed by atoms with Crippen LogP contribution in [0.3, 0.4) is 0 Å². The summed E-state index contributed by atoms with van der Waals surface area (Å²) >= 11 is 6.82. The van der Waals surface area contributed by atoms with E-state index in [1.807, 2.05) is 6.07 Å². The molecule has 5 heteroatoms. The van der Waals surface area contributed by atoms with Gasteiger partial charge in [0.15, 0.2) is 0 Å². The number of para-hydroxylation sites is 3. The fourth-order valence-corrected chi connectivity index (χ4v) is 8.89. The van der Waals surface area contributed by atoms with Crippen LogP contribution in [0.2, 0.25) is 0 Å². The van der Waals surface area contributed by atoms with E-state index in [1.165, 1.54) is 27.4 Å². The minimum Gasteiger partial charge on any atom is -0.310 e. The first kappa shape index (κ1) is 32.3. The Morgan fingerprint density at radius 3 is 1.87 bits per heavy atom. The van der Waals surface area contributed by atoms with E-state index in [0.29, 0.717) is 0 Å². The maximum absolute atomic E-state index is 5.10. The summed E-state index contributed by atoms with van der Waals surface area (Å²) < 4.78 is 3.51. The molecule has 2 aromatic heterocycles. The summed E-state index contributed by atoms with van der Waals surface area (Å²) in [4.78, 5) is 8.27. The van der Waals surface area contributed by atoms with E-state index in [-0.39, 0.29) is 0 Å². The Morgan fingerprint density at radius 1 is 0.481 bits per heavy atom. The lowest BCUT2D eigenvalue weighted by Crippen LogP contribution is -2.11. The number of aromatic nitrogens is 2. The van der Waals surface area contributed by atoms with Gasteiger partial charge in [-0.15, -0.1) is 24.0 Å². The third-order valence-electron chi connectivity index (χ3n) is 10.1. The Hall–Kier alpha value is -6.40. The predicted octanol–water partition coefficient (Wildman–Crippen LogP) is 14.2. The summed E-state index contributed by atoms with van der Waals surface area (Å²) in [5, 5.41) is 3.45. The molecule has 3 nitrogen and oxygen atoms in total. The number of thiol groups is 1. The molecule has 0 fully saturated rings. The summed E-state index contributed by atoms with van der Waals surface area (Å²) in [5.41, 5.74) is 13.3. The van der Waals surface area contributed by atoms with Crippen LogP contribution in [0.25, 0.3) is 70.5 Å². The Balaban J connectivity index is 1.18. The zero-order chi connectivity index (χ0) is 36.0. The lowest BCUT2D eigenvalue weighted by atomic mass is 10.0. The molecule has 0 aliphatic rings. The molecule has 0 bridgehead atoms. The first-order valence-corrected chi connectivity index (χ1v) is 19.3. The van der Waals surface area contributed by atoms with Crippen LogP contribution in [0.4, 0.5) is 17.1 Å². The number of hydrogen-bond acceptors (Lipinski definition) is 4. The van der Waals surface area contributed by atoms with Gasteiger partial charge in [-0.25, -0.2) is 4.98 Å². The van der Waals surface area contributed by atoms with Gasteiger partial charge in [0, 0.05) is 43.9 Å². The van der Waals surface area contributed by atoms with Crippen molar-refractivity contribution >= 4 is 73.1 Å². The second-order valence-electron chi connectivity index (χ2n) is 13.4. The van der Waals surface area contributed by atoms with Crippen LogP contribution < -0.4 is 4.90 Å². The van der Waals surface area contributed by atoms with E-state index in [9.17, 15) is 0 Å². The van der Waals surface area contributed by atoms with Crippen LogP contribution in [-0.2, 0) is 0 Å². The number of thiazole rings is 1. The normalized spacial score (nSPS) is 11.4. The third kappa shape index (κ3) is 5.66. The molecular weight excluding hydrogens is 695 g/mol. The lowest BCUT2D eigenvalue weighted by molar-refractivity contribution is 1.18. The number of benzene rings is 8. The number of nitrogens with zero attached hydrogens (tertiary/aromatic N) is 3. The van der Waals surface area contributed by atoms with Crippen molar-refractivity contribution in [2.45, 2.75) is 4.90 Å². The molecule has 10 aromatic rings. The zero-order valence-electron chi connectivity index (χ0n) is 29.2. The molecule has 8 aromatic carbocycles. The average molecular weight is 728 g/mol. The Bertz CT molecular complexity index is 2930. The van der Waals surface area contributed by atoms with Gasteiger partial charge in [-0.1, -0.05) is 133 Å². The monoisotopic (exact) mass is 727 g/mol. The van der Waals surface area contributed by atoms with Gasteiger partial charge in [-0.3, -0.25) is 0 Å². The molecule has 2 heterocycles. The highest BCUT2D eigenvalue weighted by molar-refractivity contribution is 7.80. The van der Waals surface area contributed by atoms with Crippen LogP contribution in [-0.4, -0.2) is 9.55 Å². The van der Waals surface area contributed by atoms with Crippen LogP contribution in [0.15, 0.2) is 199 Å². The smallest absolute Gasteiger partial charge is 0.124 e. The number of fused-ring (bicyclic) bond motifs is 4. The minimum absolute atomic E-state index is 0.888. The Labute approximate surface area is 323 Å². The van der Waals surface area contributed by atoms with Gasteiger partial charge >= 0.3 is 0 Å². The van der Waals surface area contributed by atoms with Gasteiger partial charge < -0.3 is 9.47 Å². The standard InChI is InChI=1S/C49H33N3S2/c53-47-32-43-48(54-49(50-43)35-16-6-2-7-17-35)31-42(47)40-21-11-12-22-44(40)51(37-26-24-34(25-27-37)33-14-4-1-5-15-33)38-28-29-41-39-20-10-13-23-45(39)52(46(41)30-38)36-18-8-3-9-19-36/h1-32,53H. The predicted molar refractivity (Wildman–Crippen MR) is 232 cm³/mol. The van der Waals surface area contributed by atoms with Gasteiger partial charge in [0.05, 0.1) is 26.9 Å². The van der Waals surface area contributed by atoms with Crippen LogP contribution >= 0.6 is 24.0 Å². The minimum atomic E-state index is 0.888. The largest absolute Gasteiger partial charge is 0.310 e. The number of hydrogen-bond donors (Lipinski definition) is 1. The van der Waals surface area contributed by atoms with E-state index >= 15 is 0 Å². The topological polar surface area (TPSA) is 21.1 Å². The van der Waals surface area contributed by atoms with Gasteiger partial charge in [0.2, 0.25) is 0 Å². The van der Waals surface area contributed by atoms with E-state index in [1.54, 1.807) is 11.3 Å². The maximum Gasteiger partial charge on any atom is 0.124 e. The zero-order valence-corrected chi connectivity index (χ0v) is 30.9. The molecule has 0 aliphatic carbocycles. The fourth-order valence-electron chi connectivity index (χ4n) is 7.59. The van der Waals surface area contributed by atoms with Crippen molar-refractivity contribution in [3.8, 4) is 38.5 Å². The summed E-state index contributed by atoms with van der Waals surface area (Å²) in [7, 11) is 0. The molecule has 0 unspecified atom stereocenters. The van der Waals surface area contributed by atoms with Gasteiger partial charge in [-0.05, 0) is 77.4 Å². The van der Waals surface area contributed by atoms with E-state index in [2.05, 4.69) is 198 Å². The van der Waals surface area contributed by atoms with Gasteiger partial charge in [0.1, 0.15) is 5.01 Å². The molecular formula is C49H33N3S2. The van der Waals surface area contributed by atoms with Crippen molar-refractivity contribution < 1.29 is 0 Å². The molecule has 0 aliphatic heterocycles. The Kier molecular flexibility index (Phi) is 8.09. The summed E-state index contributed by atoms with van der Waals surface area (Å²) in [5.74, 6) is 0.